The van der Waals surface area contributed by atoms with Crippen molar-refractivity contribution in [2.45, 2.75) is 33.2 Å². The Kier molecular flexibility index (Phi) is 4.43. The van der Waals surface area contributed by atoms with Crippen LogP contribution in [0.1, 0.15) is 32.3 Å². The van der Waals surface area contributed by atoms with E-state index in [1.54, 1.807) is 4.90 Å². The number of ether oxygens (including phenoxy) is 1. The van der Waals surface area contributed by atoms with E-state index in [0.29, 0.717) is 0 Å². The Labute approximate surface area is 105 Å². The zero-order chi connectivity index (χ0) is 12.1. The van der Waals surface area contributed by atoms with E-state index in [4.69, 9.17) is 4.74 Å². The van der Waals surface area contributed by atoms with Gasteiger partial charge in [-0.2, -0.15) is 0 Å². The third kappa shape index (κ3) is 3.47. The number of piperidine rings is 1. The van der Waals surface area contributed by atoms with E-state index in [1.165, 1.54) is 31.5 Å². The minimum Gasteiger partial charge on any atom is -0.493 e. The molecule has 1 saturated heterocycles. The van der Waals surface area contributed by atoms with Crippen molar-refractivity contribution < 1.29 is 9.64 Å². The molecule has 1 aromatic carbocycles. The molecule has 94 valence electrons. The van der Waals surface area contributed by atoms with Crippen LogP contribution in [0.4, 0.5) is 0 Å². The molecule has 2 rings (SSSR count). The van der Waals surface area contributed by atoms with Crippen molar-refractivity contribution in [3.63, 3.8) is 0 Å². The maximum Gasteiger partial charge on any atom is 0.128 e. The van der Waals surface area contributed by atoms with E-state index in [2.05, 4.69) is 31.2 Å². The quantitative estimate of drug-likeness (QED) is 0.840. The van der Waals surface area contributed by atoms with Gasteiger partial charge in [0.25, 0.3) is 0 Å². The van der Waals surface area contributed by atoms with Gasteiger partial charge in [0.1, 0.15) is 12.3 Å². The van der Waals surface area contributed by atoms with E-state index in [-0.39, 0.29) is 0 Å². The SMILES string of the molecule is CCOc1ccccc1C[NH+]1CCC(C)CC1. The largest absolute Gasteiger partial charge is 0.493 e. The molecule has 1 N–H and O–H groups in total. The van der Waals surface area contributed by atoms with Gasteiger partial charge in [0.15, 0.2) is 0 Å². The number of likely N-dealkylation sites (tertiary alicyclic amines) is 1. The summed E-state index contributed by atoms with van der Waals surface area (Å²) < 4.78 is 5.69. The van der Waals surface area contributed by atoms with Crippen molar-refractivity contribution in [2.24, 2.45) is 5.92 Å². The second-order valence-corrected chi connectivity index (χ2v) is 5.15. The Hall–Kier alpha value is -1.02. The van der Waals surface area contributed by atoms with Crippen molar-refractivity contribution in [1.29, 1.82) is 0 Å². The number of benzene rings is 1. The standard InChI is InChI=1S/C15H23NO/c1-3-17-15-7-5-4-6-14(15)12-16-10-8-13(2)9-11-16/h4-7,13H,3,8-12H2,1-2H3/p+1. The molecule has 1 aliphatic rings. The van der Waals surface area contributed by atoms with Crippen molar-refractivity contribution in [3.8, 4) is 5.75 Å². The Bertz CT molecular complexity index is 343. The van der Waals surface area contributed by atoms with E-state index >= 15 is 0 Å². The molecule has 2 heteroatoms. The fourth-order valence-corrected chi connectivity index (χ4v) is 2.56. The Morgan fingerprint density at radius 3 is 2.65 bits per heavy atom. The van der Waals surface area contributed by atoms with Crippen LogP contribution in [0.15, 0.2) is 24.3 Å². The molecule has 2 nitrogen and oxygen atoms in total. The molecule has 17 heavy (non-hydrogen) atoms. The summed E-state index contributed by atoms with van der Waals surface area (Å²) in [6, 6.07) is 8.47. The first-order chi connectivity index (χ1) is 8.29. The van der Waals surface area contributed by atoms with Crippen LogP contribution in [0.3, 0.4) is 0 Å². The van der Waals surface area contributed by atoms with Crippen LogP contribution in [0.2, 0.25) is 0 Å². The summed E-state index contributed by atoms with van der Waals surface area (Å²) in [5.74, 6) is 1.99. The highest BCUT2D eigenvalue weighted by Gasteiger charge is 2.20. The van der Waals surface area contributed by atoms with Gasteiger partial charge in [0.05, 0.1) is 19.7 Å². The number of rotatable bonds is 4. The van der Waals surface area contributed by atoms with Crippen LogP contribution in [0.25, 0.3) is 0 Å². The molecule has 0 saturated carbocycles. The van der Waals surface area contributed by atoms with Gasteiger partial charge in [0.2, 0.25) is 0 Å². The maximum absolute atomic E-state index is 5.69. The molecule has 1 heterocycles. The molecule has 1 aliphatic heterocycles. The van der Waals surface area contributed by atoms with Gasteiger partial charge < -0.3 is 9.64 Å². The normalized spacial score (nSPS) is 24.6. The average molecular weight is 234 g/mol. The summed E-state index contributed by atoms with van der Waals surface area (Å²) in [7, 11) is 0. The van der Waals surface area contributed by atoms with Gasteiger partial charge in [-0.3, -0.25) is 0 Å². The number of nitrogens with one attached hydrogen (secondary N) is 1. The first kappa shape index (κ1) is 12.4. The number of para-hydroxylation sites is 1. The summed E-state index contributed by atoms with van der Waals surface area (Å²) in [5.41, 5.74) is 1.36. The third-order valence-electron chi connectivity index (χ3n) is 3.69. The number of quaternary nitrogens is 1. The minimum absolute atomic E-state index is 0.753. The van der Waals surface area contributed by atoms with E-state index in [9.17, 15) is 0 Å². The van der Waals surface area contributed by atoms with Crippen LogP contribution in [-0.2, 0) is 6.54 Å². The summed E-state index contributed by atoms with van der Waals surface area (Å²) in [4.78, 5) is 1.70. The predicted octanol–water partition coefficient (Wildman–Crippen LogP) is 1.90. The molecule has 1 fully saturated rings. The molecule has 0 bridgehead atoms. The van der Waals surface area contributed by atoms with E-state index in [1.807, 2.05) is 6.92 Å². The van der Waals surface area contributed by atoms with E-state index in [0.717, 1.165) is 24.8 Å². The molecule has 0 amide bonds. The molecule has 0 spiro atoms. The fourth-order valence-electron chi connectivity index (χ4n) is 2.56. The lowest BCUT2D eigenvalue weighted by Gasteiger charge is -2.27. The van der Waals surface area contributed by atoms with Crippen LogP contribution in [0, 0.1) is 5.92 Å². The number of hydrogen-bond acceptors (Lipinski definition) is 1. The monoisotopic (exact) mass is 234 g/mol. The van der Waals surface area contributed by atoms with Gasteiger partial charge >= 0.3 is 0 Å². The molecular formula is C15H24NO+. The van der Waals surface area contributed by atoms with Gasteiger partial charge in [-0.15, -0.1) is 0 Å². The van der Waals surface area contributed by atoms with Crippen LogP contribution < -0.4 is 9.64 Å². The highest BCUT2D eigenvalue weighted by Crippen LogP contribution is 2.17. The van der Waals surface area contributed by atoms with Gasteiger partial charge in [-0.1, -0.05) is 19.1 Å². The second kappa shape index (κ2) is 6.06. The van der Waals surface area contributed by atoms with Gasteiger partial charge in [-0.05, 0) is 37.8 Å². The zero-order valence-electron chi connectivity index (χ0n) is 11.0. The predicted molar refractivity (Wildman–Crippen MR) is 70.4 cm³/mol. The average Bonchev–Trinajstić information content (AvgIpc) is 2.35. The summed E-state index contributed by atoms with van der Waals surface area (Å²) in [6.45, 7) is 8.90. The van der Waals surface area contributed by atoms with Crippen LogP contribution in [0.5, 0.6) is 5.75 Å². The molecule has 0 unspecified atom stereocenters. The van der Waals surface area contributed by atoms with Crippen LogP contribution >= 0.6 is 0 Å². The zero-order valence-corrected chi connectivity index (χ0v) is 11.0. The van der Waals surface area contributed by atoms with Gasteiger partial charge in [0, 0.05) is 5.56 Å². The molecule has 0 aliphatic carbocycles. The summed E-state index contributed by atoms with van der Waals surface area (Å²) in [6.07, 6.45) is 2.73. The Morgan fingerprint density at radius 1 is 1.24 bits per heavy atom. The fraction of sp³-hybridized carbons (Fsp3) is 0.600. The Morgan fingerprint density at radius 2 is 1.94 bits per heavy atom. The highest BCUT2D eigenvalue weighted by atomic mass is 16.5. The van der Waals surface area contributed by atoms with Crippen molar-refractivity contribution in [2.75, 3.05) is 19.7 Å². The van der Waals surface area contributed by atoms with Crippen molar-refractivity contribution >= 4 is 0 Å². The minimum atomic E-state index is 0.753. The Balaban J connectivity index is 1.98. The third-order valence-corrected chi connectivity index (χ3v) is 3.69. The lowest BCUT2D eigenvalue weighted by molar-refractivity contribution is -0.919. The van der Waals surface area contributed by atoms with Gasteiger partial charge in [-0.25, -0.2) is 0 Å². The lowest BCUT2D eigenvalue weighted by atomic mass is 9.99. The maximum atomic E-state index is 5.69. The number of hydrogen-bond donors (Lipinski definition) is 1. The molecule has 0 radical (unpaired) electrons. The first-order valence-electron chi connectivity index (χ1n) is 6.84. The summed E-state index contributed by atoms with van der Waals surface area (Å²) >= 11 is 0. The first-order valence-corrected chi connectivity index (χ1v) is 6.84. The smallest absolute Gasteiger partial charge is 0.128 e. The topological polar surface area (TPSA) is 13.7 Å². The molecule has 0 atom stereocenters. The van der Waals surface area contributed by atoms with E-state index < -0.39 is 0 Å². The van der Waals surface area contributed by atoms with Crippen LogP contribution in [-0.4, -0.2) is 19.7 Å². The molecule has 1 aromatic rings. The second-order valence-electron chi connectivity index (χ2n) is 5.15. The molecule has 0 aromatic heterocycles. The van der Waals surface area contributed by atoms with Crippen molar-refractivity contribution in [1.82, 2.24) is 0 Å². The highest BCUT2D eigenvalue weighted by molar-refractivity contribution is 5.32. The molecular weight excluding hydrogens is 210 g/mol. The summed E-state index contributed by atoms with van der Waals surface area (Å²) in [5, 5.41) is 0. The van der Waals surface area contributed by atoms with Crippen molar-refractivity contribution in [3.05, 3.63) is 29.8 Å². The lowest BCUT2D eigenvalue weighted by Crippen LogP contribution is -3.11.